The molecule has 2 saturated heterocycles. The number of carbonyl (C=O) groups excluding carboxylic acids is 2. The van der Waals surface area contributed by atoms with Gasteiger partial charge in [0.25, 0.3) is 11.9 Å². The lowest BCUT2D eigenvalue weighted by Gasteiger charge is -2.34. The predicted octanol–water partition coefficient (Wildman–Crippen LogP) is 10.4. The second kappa shape index (κ2) is 28.3. The summed E-state index contributed by atoms with van der Waals surface area (Å²) in [5, 5.41) is 27.4. The van der Waals surface area contributed by atoms with Gasteiger partial charge in [-0.05, 0) is 87.4 Å². The molecule has 0 radical (unpaired) electrons. The summed E-state index contributed by atoms with van der Waals surface area (Å²) in [6, 6.07) is 24.1. The number of para-hydroxylation sites is 2. The first kappa shape index (κ1) is 62.6. The summed E-state index contributed by atoms with van der Waals surface area (Å²) in [5.41, 5.74) is 4.52. The molecular formula is C54H54Cl3F2N11O12S. The summed E-state index contributed by atoms with van der Waals surface area (Å²) in [6.07, 6.45) is 4.03. The molecule has 3 atom stereocenters. The van der Waals surface area contributed by atoms with Crippen LogP contribution in [0.25, 0.3) is 11.1 Å². The molecule has 0 aliphatic carbocycles. The van der Waals surface area contributed by atoms with Crippen LogP contribution in [0.2, 0.25) is 14.5 Å². The first-order valence-electron chi connectivity index (χ1n) is 24.8. The van der Waals surface area contributed by atoms with Gasteiger partial charge in [-0.15, -0.1) is 20.1 Å². The molecule has 3 aromatic heterocycles. The number of carbonyl (C=O) groups is 2. The molecule has 23 nitrogen and oxygen atoms in total. The summed E-state index contributed by atoms with van der Waals surface area (Å²) in [4.78, 5) is 50.8. The van der Waals surface area contributed by atoms with E-state index in [1.807, 2.05) is 57.2 Å². The van der Waals surface area contributed by atoms with Crippen LogP contribution in [0.4, 0.5) is 14.5 Å². The van der Waals surface area contributed by atoms with Crippen molar-refractivity contribution in [1.82, 2.24) is 34.5 Å². The van der Waals surface area contributed by atoms with Gasteiger partial charge >= 0.3 is 12.3 Å². The Balaban J connectivity index is 0.000000162. The molecule has 7 aromatic rings. The second-order valence-corrected chi connectivity index (χ2v) is 20.7. The zero-order valence-electron chi connectivity index (χ0n) is 45.5. The van der Waals surface area contributed by atoms with E-state index in [1.54, 1.807) is 89.6 Å². The summed E-state index contributed by atoms with van der Waals surface area (Å²) >= 11 is 19.5. The smallest absolute Gasteiger partial charge is 0.467 e. The van der Waals surface area contributed by atoms with Gasteiger partial charge in [0.15, 0.2) is 21.0 Å². The molecule has 0 bridgehead atoms. The molecule has 1 amide bonds. The lowest BCUT2D eigenvalue weighted by atomic mass is 10.0. The number of nitrogens with one attached hydrogen (secondary N) is 1. The number of benzene rings is 4. The third kappa shape index (κ3) is 16.2. The largest absolute Gasteiger partial charge is 0.586 e. The summed E-state index contributed by atoms with van der Waals surface area (Å²) in [6.45, 7) is 9.05. The number of hydrogen-bond donors (Lipinski definition) is 1. The molecule has 1 N–H and O–H groups in total. The minimum Gasteiger partial charge on any atom is -0.467 e. The molecule has 10 rings (SSSR count). The van der Waals surface area contributed by atoms with E-state index < -0.39 is 29.1 Å². The highest BCUT2D eigenvalue weighted by atomic mass is 35.5. The van der Waals surface area contributed by atoms with Crippen LogP contribution in [0.1, 0.15) is 41.0 Å². The van der Waals surface area contributed by atoms with Crippen LogP contribution < -0.4 is 19.1 Å². The lowest BCUT2D eigenvalue weighted by molar-refractivity contribution is -0.486. The molecule has 29 heteroatoms. The van der Waals surface area contributed by atoms with Crippen molar-refractivity contribution in [3.8, 4) is 40.2 Å². The Kier molecular flexibility index (Phi) is 21.4. The molecule has 438 valence electrons. The number of H-pyrrole nitrogens is 1. The van der Waals surface area contributed by atoms with Crippen LogP contribution in [0.3, 0.4) is 0 Å². The fourth-order valence-corrected chi connectivity index (χ4v) is 9.99. The minimum absolute atomic E-state index is 0.0393. The summed E-state index contributed by atoms with van der Waals surface area (Å²) < 4.78 is 69.9. The fraction of sp³-hybridized carbons (Fsp3) is 0.315. The number of thiazole rings is 1. The number of hydrazone groups is 1. The number of fused-ring (bicyclic) bond motifs is 1. The topological polar surface area (TPSA) is 256 Å². The number of nitrogens with zero attached hydrogens (tertiary/aromatic N) is 10. The number of guanidine groups is 1. The normalized spacial score (nSPS) is 17.4. The third-order valence-corrected chi connectivity index (χ3v) is 13.8. The number of rotatable bonds is 14. The van der Waals surface area contributed by atoms with E-state index >= 15 is 0 Å². The Morgan fingerprint density at radius 1 is 1.02 bits per heavy atom. The SMILES string of the molecule is CC1COC(Cn2cncn2)(c2ccc(Oc3ccc(Cl)cc3)cc2Cl)O1.CN1COCN(Cc2cnc(Cl)s2)/C1=N/[N+](=O)[O-].COCC(=O)N(c1c(C)cccc1C)[C@H](C)C(=O)OC.N#Cc1c[nH]cc1-c1cccc2c1OC(F)(F)O2. The lowest BCUT2D eigenvalue weighted by Crippen LogP contribution is -2.49. The van der Waals surface area contributed by atoms with Crippen LogP contribution in [0, 0.1) is 35.3 Å². The highest BCUT2D eigenvalue weighted by molar-refractivity contribution is 7.15. The first-order chi connectivity index (χ1) is 39.6. The average molecular weight is 1230 g/mol. The van der Waals surface area contributed by atoms with Crippen molar-refractivity contribution in [3.05, 3.63) is 162 Å². The molecule has 3 aliphatic rings. The number of alkyl halides is 2. The number of aromatic nitrogens is 5. The summed E-state index contributed by atoms with van der Waals surface area (Å²) in [7, 11) is 4.43. The first-order valence-corrected chi connectivity index (χ1v) is 26.8. The van der Waals surface area contributed by atoms with Gasteiger partial charge in [0.2, 0.25) is 5.79 Å². The Morgan fingerprint density at radius 2 is 1.75 bits per heavy atom. The molecule has 6 heterocycles. The maximum Gasteiger partial charge on any atom is 0.586 e. The van der Waals surface area contributed by atoms with Crippen molar-refractivity contribution in [2.45, 2.75) is 65.0 Å². The van der Waals surface area contributed by atoms with Crippen LogP contribution in [-0.2, 0) is 52.2 Å². The van der Waals surface area contributed by atoms with Gasteiger partial charge < -0.3 is 52.7 Å². The van der Waals surface area contributed by atoms with Crippen molar-refractivity contribution < 1.29 is 61.3 Å². The van der Waals surface area contributed by atoms with Crippen molar-refractivity contribution in [3.63, 3.8) is 0 Å². The van der Waals surface area contributed by atoms with Gasteiger partial charge in [0, 0.05) is 59.3 Å². The van der Waals surface area contributed by atoms with Crippen LogP contribution in [0.5, 0.6) is 23.0 Å². The number of aryl methyl sites for hydroxylation is 2. The Morgan fingerprint density at radius 3 is 2.36 bits per heavy atom. The van der Waals surface area contributed by atoms with E-state index in [9.17, 15) is 28.5 Å². The van der Waals surface area contributed by atoms with Gasteiger partial charge in [-0.25, -0.2) is 29.6 Å². The van der Waals surface area contributed by atoms with E-state index in [-0.39, 0.29) is 49.5 Å². The number of hydrogen-bond acceptors (Lipinski definition) is 17. The number of nitriles is 1. The fourth-order valence-electron chi connectivity index (χ4n) is 8.56. The number of aromatic amines is 1. The van der Waals surface area contributed by atoms with Crippen LogP contribution >= 0.6 is 46.1 Å². The highest BCUT2D eigenvalue weighted by Crippen LogP contribution is 2.48. The molecule has 2 fully saturated rings. The Hall–Kier alpha value is -8.00. The van der Waals surface area contributed by atoms with Crippen molar-refractivity contribution in [2.24, 2.45) is 5.10 Å². The average Bonchev–Trinajstić information content (AvgIpc) is 4.12. The van der Waals surface area contributed by atoms with Crippen LogP contribution in [0.15, 0.2) is 115 Å². The molecule has 83 heavy (non-hydrogen) atoms. The molecule has 0 spiro atoms. The zero-order chi connectivity index (χ0) is 60.0. The number of methoxy groups -OCH3 is 2. The Bertz CT molecular complexity index is 3420. The van der Waals surface area contributed by atoms with Crippen molar-refractivity contribution >= 4 is 69.7 Å². The molecular weight excluding hydrogens is 1170 g/mol. The van der Waals surface area contributed by atoms with E-state index in [0.29, 0.717) is 68.0 Å². The van der Waals surface area contributed by atoms with Gasteiger partial charge in [-0.3, -0.25) is 9.69 Å². The second-order valence-electron chi connectivity index (χ2n) is 18.2. The quantitative estimate of drug-likeness (QED) is 0.0603. The van der Waals surface area contributed by atoms with Gasteiger partial charge in [0.05, 0.1) is 42.6 Å². The standard InChI is InChI=1S/C19H17Cl2N3O3.C15H21NO4.C12H6F2N2O2.C8H10ClN5O3S/c1-13-9-25-19(27-13,10-24-12-22-11-23-24)17-7-6-16(8-18(17)21)26-15-4-2-14(20)3-5-15;1-10-7-6-8-11(2)14(10)16(13(17)9-19-4)12(3)15(18)20-5;13-12(14)17-10-3-1-2-8(11(10)18-12)9-6-16-5-7(9)4-15;1-12-4-17-5-13(8(12)11-14(15)16)3-6-2-10-7(9)18-6/h2-8,11-13H,9-10H2,1H3;6-8,12H,9H2,1-5H3;1-3,5-6,16H;2H,3-5H2,1H3/b;;;11-8+/t;12-;;/m.1../s1. The molecule has 4 aromatic carbocycles. The predicted molar refractivity (Wildman–Crippen MR) is 301 cm³/mol. The number of esters is 1. The van der Waals surface area contributed by atoms with Crippen molar-refractivity contribution in [2.75, 3.05) is 52.8 Å². The van der Waals surface area contributed by atoms with Gasteiger partial charge in [-0.1, -0.05) is 65.1 Å². The third-order valence-electron chi connectivity index (χ3n) is 12.1. The van der Waals surface area contributed by atoms with E-state index in [0.717, 1.165) is 21.7 Å². The minimum atomic E-state index is -3.67. The van der Waals surface area contributed by atoms with E-state index in [2.05, 4.69) is 34.6 Å². The highest BCUT2D eigenvalue weighted by Gasteiger charge is 2.46. The van der Waals surface area contributed by atoms with Crippen LogP contribution in [-0.4, -0.2) is 124 Å². The van der Waals surface area contributed by atoms with Gasteiger partial charge in [-0.2, -0.15) is 10.4 Å². The van der Waals surface area contributed by atoms with Gasteiger partial charge in [0.1, 0.15) is 68.0 Å². The number of halogens is 5. The van der Waals surface area contributed by atoms with E-state index in [4.69, 9.17) is 68.5 Å². The van der Waals surface area contributed by atoms with Crippen molar-refractivity contribution in [1.29, 1.82) is 5.26 Å². The monoisotopic (exact) mass is 1220 g/mol. The Labute approximate surface area is 493 Å². The number of amides is 1. The maximum atomic E-state index is 13.0. The molecule has 2 unspecified atom stereocenters. The summed E-state index contributed by atoms with van der Waals surface area (Å²) in [5.74, 6) is -0.323. The molecule has 0 saturated carbocycles. The molecule has 3 aliphatic heterocycles. The zero-order valence-corrected chi connectivity index (χ0v) is 48.5. The number of anilines is 1. The number of ether oxygens (including phenoxy) is 8. The maximum absolute atomic E-state index is 13.0. The van der Waals surface area contributed by atoms with E-state index in [1.165, 1.54) is 49.0 Å². The number of nitro groups is 1.